The van der Waals surface area contributed by atoms with E-state index in [1.54, 1.807) is 18.2 Å². The fraction of sp³-hybridized carbons (Fsp3) is 0.562. The molecular formula is C16H23N3O4S2. The average molecular weight is 386 g/mol. The fourth-order valence-corrected chi connectivity index (χ4v) is 4.42. The van der Waals surface area contributed by atoms with Crippen LogP contribution in [-0.2, 0) is 14.8 Å². The summed E-state index contributed by atoms with van der Waals surface area (Å²) in [5.74, 6) is 0.348. The Morgan fingerprint density at radius 3 is 2.72 bits per heavy atom. The predicted octanol–water partition coefficient (Wildman–Crippen LogP) is 1.55. The Morgan fingerprint density at radius 2 is 2.08 bits per heavy atom. The lowest BCUT2D eigenvalue weighted by atomic mass is 10.3. The second-order valence-electron chi connectivity index (χ2n) is 5.98. The number of nitrogens with zero attached hydrogens (tertiary/aromatic N) is 1. The van der Waals surface area contributed by atoms with Gasteiger partial charge in [-0.25, -0.2) is 8.42 Å². The number of thiocarbonyl (C=S) groups is 1. The molecule has 1 aromatic carbocycles. The van der Waals surface area contributed by atoms with E-state index in [0.717, 1.165) is 12.8 Å². The van der Waals surface area contributed by atoms with Crippen LogP contribution in [0.3, 0.4) is 0 Å². The summed E-state index contributed by atoms with van der Waals surface area (Å²) in [5, 5.41) is 6.73. The lowest BCUT2D eigenvalue weighted by molar-refractivity contribution is 0.0729. The Labute approximate surface area is 153 Å². The highest BCUT2D eigenvalue weighted by Crippen LogP contribution is 2.30. The highest BCUT2D eigenvalue weighted by atomic mass is 32.2. The second kappa shape index (κ2) is 7.86. The third kappa shape index (κ3) is 4.60. The Hall–Kier alpha value is -1.42. The molecule has 0 unspecified atom stereocenters. The van der Waals surface area contributed by atoms with E-state index in [0.29, 0.717) is 55.5 Å². The molecule has 0 aromatic heterocycles. The Bertz CT molecular complexity index is 729. The molecule has 1 aromatic rings. The third-order valence-electron chi connectivity index (χ3n) is 4.00. The number of hydrogen-bond acceptors (Lipinski definition) is 5. The van der Waals surface area contributed by atoms with E-state index in [1.165, 1.54) is 4.31 Å². The molecule has 1 aliphatic carbocycles. The molecule has 0 amide bonds. The highest BCUT2D eigenvalue weighted by Gasteiger charge is 2.30. The van der Waals surface area contributed by atoms with Gasteiger partial charge in [0.05, 0.1) is 19.8 Å². The number of anilines is 1. The van der Waals surface area contributed by atoms with Crippen LogP contribution in [0.2, 0.25) is 0 Å². The van der Waals surface area contributed by atoms with E-state index in [2.05, 4.69) is 10.6 Å². The van der Waals surface area contributed by atoms with Gasteiger partial charge >= 0.3 is 0 Å². The largest absolute Gasteiger partial charge is 0.492 e. The summed E-state index contributed by atoms with van der Waals surface area (Å²) in [6.45, 7) is 3.69. The lowest BCUT2D eigenvalue weighted by Crippen LogP contribution is -2.40. The molecule has 0 radical (unpaired) electrons. The van der Waals surface area contributed by atoms with Gasteiger partial charge in [-0.3, -0.25) is 0 Å². The number of benzene rings is 1. The number of sulfonamides is 1. The maximum absolute atomic E-state index is 13.0. The summed E-state index contributed by atoms with van der Waals surface area (Å²) in [7, 11) is -3.66. The molecule has 1 aliphatic heterocycles. The standard InChI is InChI=1S/C16H23N3O4S2/c1-2-23-14-6-5-13(18-16(24)17-12-3-4-12)11-15(14)25(20,21)19-7-9-22-10-8-19/h5-6,11-12H,2-4,7-10H2,1H3,(H2,17,18,24). The molecular weight excluding hydrogens is 362 g/mol. The van der Waals surface area contributed by atoms with Gasteiger partial charge in [-0.2, -0.15) is 4.31 Å². The molecule has 1 saturated carbocycles. The molecule has 2 aliphatic rings. The first-order chi connectivity index (χ1) is 12.0. The van der Waals surface area contributed by atoms with E-state index >= 15 is 0 Å². The van der Waals surface area contributed by atoms with Crippen molar-refractivity contribution < 1.29 is 17.9 Å². The molecule has 138 valence electrons. The molecule has 2 fully saturated rings. The van der Waals surface area contributed by atoms with Crippen molar-refractivity contribution in [1.82, 2.24) is 9.62 Å². The molecule has 25 heavy (non-hydrogen) atoms. The highest BCUT2D eigenvalue weighted by molar-refractivity contribution is 7.89. The minimum Gasteiger partial charge on any atom is -0.492 e. The number of nitrogens with one attached hydrogen (secondary N) is 2. The van der Waals surface area contributed by atoms with E-state index in [9.17, 15) is 8.42 Å². The maximum atomic E-state index is 13.0. The zero-order chi connectivity index (χ0) is 17.9. The van der Waals surface area contributed by atoms with Crippen molar-refractivity contribution in [3.63, 3.8) is 0 Å². The van der Waals surface area contributed by atoms with Crippen LogP contribution in [0.4, 0.5) is 5.69 Å². The van der Waals surface area contributed by atoms with Gasteiger partial charge in [0.2, 0.25) is 10.0 Å². The van der Waals surface area contributed by atoms with Crippen molar-refractivity contribution in [2.24, 2.45) is 0 Å². The average Bonchev–Trinajstić information content (AvgIpc) is 3.41. The molecule has 9 heteroatoms. The van der Waals surface area contributed by atoms with E-state index in [1.807, 2.05) is 6.92 Å². The first-order valence-electron chi connectivity index (χ1n) is 8.43. The third-order valence-corrected chi connectivity index (χ3v) is 6.14. The van der Waals surface area contributed by atoms with Gasteiger partial charge in [0.1, 0.15) is 10.6 Å². The molecule has 7 nitrogen and oxygen atoms in total. The van der Waals surface area contributed by atoms with Crippen molar-refractivity contribution in [1.29, 1.82) is 0 Å². The first kappa shape index (κ1) is 18.4. The van der Waals surface area contributed by atoms with Gasteiger partial charge in [-0.1, -0.05) is 0 Å². The van der Waals surface area contributed by atoms with Crippen molar-refractivity contribution >= 4 is 33.0 Å². The molecule has 1 saturated heterocycles. The van der Waals surface area contributed by atoms with Crippen LogP contribution >= 0.6 is 12.2 Å². The summed E-state index contributed by atoms with van der Waals surface area (Å²) in [6.07, 6.45) is 2.23. The van der Waals surface area contributed by atoms with Crippen LogP contribution in [0, 0.1) is 0 Å². The lowest BCUT2D eigenvalue weighted by Gasteiger charge is -2.27. The van der Waals surface area contributed by atoms with Crippen LogP contribution < -0.4 is 15.4 Å². The second-order valence-corrected chi connectivity index (χ2v) is 8.30. The molecule has 0 atom stereocenters. The van der Waals surface area contributed by atoms with Crippen molar-refractivity contribution in [3.05, 3.63) is 18.2 Å². The van der Waals surface area contributed by atoms with Crippen LogP contribution in [0.25, 0.3) is 0 Å². The van der Waals surface area contributed by atoms with Crippen LogP contribution in [0.5, 0.6) is 5.75 Å². The van der Waals surface area contributed by atoms with Crippen molar-refractivity contribution in [3.8, 4) is 5.75 Å². The van der Waals surface area contributed by atoms with Crippen molar-refractivity contribution in [2.75, 3.05) is 38.2 Å². The monoisotopic (exact) mass is 385 g/mol. The molecule has 0 spiro atoms. The normalized spacial score (nSPS) is 18.6. The van der Waals surface area contributed by atoms with Crippen LogP contribution in [0.1, 0.15) is 19.8 Å². The number of rotatable bonds is 6. The minimum absolute atomic E-state index is 0.149. The van der Waals surface area contributed by atoms with E-state index in [4.69, 9.17) is 21.7 Å². The van der Waals surface area contributed by atoms with Gasteiger partial charge in [-0.15, -0.1) is 0 Å². The molecule has 3 rings (SSSR count). The van der Waals surface area contributed by atoms with Crippen LogP contribution in [0.15, 0.2) is 23.1 Å². The smallest absolute Gasteiger partial charge is 0.246 e. The van der Waals surface area contributed by atoms with Crippen molar-refractivity contribution in [2.45, 2.75) is 30.7 Å². The van der Waals surface area contributed by atoms with Gasteiger partial charge in [0, 0.05) is 24.8 Å². The Morgan fingerprint density at radius 1 is 1.36 bits per heavy atom. The van der Waals surface area contributed by atoms with Gasteiger partial charge in [0.25, 0.3) is 0 Å². The quantitative estimate of drug-likeness (QED) is 0.719. The molecule has 2 N–H and O–H groups in total. The summed E-state index contributed by atoms with van der Waals surface area (Å²) in [6, 6.07) is 5.44. The summed E-state index contributed by atoms with van der Waals surface area (Å²) < 4.78 is 38.3. The summed E-state index contributed by atoms with van der Waals surface area (Å²) in [4.78, 5) is 0.149. The fourth-order valence-electron chi connectivity index (χ4n) is 2.57. The maximum Gasteiger partial charge on any atom is 0.246 e. The Kier molecular flexibility index (Phi) is 5.78. The van der Waals surface area contributed by atoms with Gasteiger partial charge in [0.15, 0.2) is 5.11 Å². The number of ether oxygens (including phenoxy) is 2. The zero-order valence-electron chi connectivity index (χ0n) is 14.2. The number of morpholine rings is 1. The molecule has 0 bridgehead atoms. The topological polar surface area (TPSA) is 79.9 Å². The van der Waals surface area contributed by atoms with E-state index < -0.39 is 10.0 Å². The summed E-state index contributed by atoms with van der Waals surface area (Å²) in [5.41, 5.74) is 0.619. The van der Waals surface area contributed by atoms with Gasteiger partial charge < -0.3 is 20.1 Å². The van der Waals surface area contributed by atoms with Crippen LogP contribution in [-0.4, -0.2) is 56.8 Å². The zero-order valence-corrected chi connectivity index (χ0v) is 15.8. The predicted molar refractivity (Wildman–Crippen MR) is 99.6 cm³/mol. The first-order valence-corrected chi connectivity index (χ1v) is 10.3. The SMILES string of the molecule is CCOc1ccc(NC(=S)NC2CC2)cc1S(=O)(=O)N1CCOCC1. The van der Waals surface area contributed by atoms with Gasteiger partial charge in [-0.05, 0) is 50.2 Å². The Balaban J connectivity index is 1.85. The van der Waals surface area contributed by atoms with E-state index in [-0.39, 0.29) is 4.90 Å². The summed E-state index contributed by atoms with van der Waals surface area (Å²) >= 11 is 5.27. The number of hydrogen-bond donors (Lipinski definition) is 2. The molecule has 1 heterocycles. The minimum atomic E-state index is -3.66.